The molecule has 1 atom stereocenters. The molecule has 1 aliphatic carbocycles. The number of likely N-dealkylation sites (N-methyl/N-ethyl adjacent to an activating group) is 1. The van der Waals surface area contributed by atoms with Crippen molar-refractivity contribution in [3.8, 4) is 0 Å². The molecule has 4 heteroatoms. The minimum absolute atomic E-state index is 0.215. The number of nitrogens with zero attached hydrogens (tertiary/aromatic N) is 1. The normalized spacial score (nSPS) is 26.9. The first kappa shape index (κ1) is 14.5. The van der Waals surface area contributed by atoms with Crippen molar-refractivity contribution >= 4 is 5.91 Å². The van der Waals surface area contributed by atoms with Gasteiger partial charge in [0.25, 0.3) is 0 Å². The van der Waals surface area contributed by atoms with Crippen molar-refractivity contribution in [3.05, 3.63) is 0 Å². The molecule has 0 spiro atoms. The number of carbonyl (C=O) groups excluding carboxylic acids is 1. The maximum Gasteiger partial charge on any atom is 0.223 e. The van der Waals surface area contributed by atoms with E-state index in [9.17, 15) is 4.79 Å². The van der Waals surface area contributed by atoms with Crippen LogP contribution in [0.1, 0.15) is 32.6 Å². The Morgan fingerprint density at radius 3 is 2.41 bits per heavy atom. The van der Waals surface area contributed by atoms with Crippen molar-refractivity contribution in [1.29, 1.82) is 0 Å². The van der Waals surface area contributed by atoms with Gasteiger partial charge in [-0.15, -0.1) is 0 Å². The third kappa shape index (κ3) is 4.64. The molecule has 1 rings (SSSR count). The first-order valence-electron chi connectivity index (χ1n) is 6.68. The van der Waals surface area contributed by atoms with Gasteiger partial charge in [0.15, 0.2) is 0 Å². The Morgan fingerprint density at radius 1 is 1.35 bits per heavy atom. The van der Waals surface area contributed by atoms with Gasteiger partial charge in [-0.25, -0.2) is 0 Å². The molecule has 4 nitrogen and oxygen atoms in total. The molecule has 0 heterocycles. The monoisotopic (exact) mass is 241 g/mol. The number of nitrogens with one attached hydrogen (secondary N) is 1. The van der Waals surface area contributed by atoms with E-state index < -0.39 is 0 Å². The Hall–Kier alpha value is -0.610. The van der Waals surface area contributed by atoms with Gasteiger partial charge >= 0.3 is 0 Å². The van der Waals surface area contributed by atoms with Gasteiger partial charge in [0.05, 0.1) is 0 Å². The van der Waals surface area contributed by atoms with Crippen LogP contribution in [-0.2, 0) is 4.79 Å². The van der Waals surface area contributed by atoms with E-state index in [0.717, 1.165) is 38.8 Å². The fourth-order valence-electron chi connectivity index (χ4n) is 2.24. The number of hydrogen-bond donors (Lipinski definition) is 2. The first-order valence-corrected chi connectivity index (χ1v) is 6.68. The minimum Gasteiger partial charge on any atom is -0.354 e. The van der Waals surface area contributed by atoms with Gasteiger partial charge in [-0.3, -0.25) is 4.79 Å². The summed E-state index contributed by atoms with van der Waals surface area (Å²) in [5.41, 5.74) is 5.65. The van der Waals surface area contributed by atoms with Crippen molar-refractivity contribution < 1.29 is 4.79 Å². The lowest BCUT2D eigenvalue weighted by Gasteiger charge is -2.28. The first-order chi connectivity index (χ1) is 8.04. The van der Waals surface area contributed by atoms with Crippen LogP contribution in [0.25, 0.3) is 0 Å². The topological polar surface area (TPSA) is 58.4 Å². The molecular weight excluding hydrogens is 214 g/mol. The Labute approximate surface area is 105 Å². The van der Waals surface area contributed by atoms with E-state index in [-0.39, 0.29) is 11.8 Å². The molecule has 0 saturated heterocycles. The molecule has 3 N–H and O–H groups in total. The van der Waals surface area contributed by atoms with E-state index in [4.69, 9.17) is 5.73 Å². The molecule has 1 aliphatic rings. The molecule has 0 radical (unpaired) electrons. The average Bonchev–Trinajstić information content (AvgIpc) is 2.35. The zero-order valence-electron chi connectivity index (χ0n) is 11.4. The highest BCUT2D eigenvalue weighted by atomic mass is 16.1. The summed E-state index contributed by atoms with van der Waals surface area (Å²) in [6.45, 7) is 3.63. The second-order valence-electron chi connectivity index (χ2n) is 5.51. The van der Waals surface area contributed by atoms with Crippen LogP contribution in [0.4, 0.5) is 0 Å². The molecule has 17 heavy (non-hydrogen) atoms. The zero-order valence-corrected chi connectivity index (χ0v) is 11.4. The van der Waals surface area contributed by atoms with Gasteiger partial charge in [-0.05, 0) is 59.2 Å². The fourth-order valence-corrected chi connectivity index (χ4v) is 2.24. The Bertz CT molecular complexity index is 235. The van der Waals surface area contributed by atoms with Crippen LogP contribution in [-0.4, -0.2) is 44.0 Å². The van der Waals surface area contributed by atoms with Gasteiger partial charge in [0.2, 0.25) is 5.91 Å². The van der Waals surface area contributed by atoms with Crippen LogP contribution < -0.4 is 11.1 Å². The summed E-state index contributed by atoms with van der Waals surface area (Å²) in [5.74, 6) is 1.08. The van der Waals surface area contributed by atoms with Crippen molar-refractivity contribution in [2.75, 3.05) is 27.2 Å². The Morgan fingerprint density at radius 2 is 1.94 bits per heavy atom. The summed E-state index contributed by atoms with van der Waals surface area (Å²) in [7, 11) is 4.06. The minimum atomic E-state index is 0.215. The number of rotatable bonds is 5. The van der Waals surface area contributed by atoms with E-state index in [1.54, 1.807) is 0 Å². The van der Waals surface area contributed by atoms with Crippen LogP contribution in [0.3, 0.4) is 0 Å². The summed E-state index contributed by atoms with van der Waals surface area (Å²) >= 11 is 0. The maximum atomic E-state index is 12.0. The van der Waals surface area contributed by atoms with Crippen LogP contribution in [0.15, 0.2) is 0 Å². The Kier molecular flexibility index (Phi) is 5.92. The second kappa shape index (κ2) is 6.97. The SMILES string of the molecule is CC(CNC(=O)C1CCC(CN)CC1)N(C)C. The lowest BCUT2D eigenvalue weighted by molar-refractivity contribution is -0.126. The van der Waals surface area contributed by atoms with Gasteiger partial charge in [0.1, 0.15) is 0 Å². The van der Waals surface area contributed by atoms with E-state index in [0.29, 0.717) is 12.0 Å². The maximum absolute atomic E-state index is 12.0. The van der Waals surface area contributed by atoms with E-state index in [1.165, 1.54) is 0 Å². The number of hydrogen-bond acceptors (Lipinski definition) is 3. The van der Waals surface area contributed by atoms with E-state index in [2.05, 4.69) is 17.1 Å². The third-order valence-corrected chi connectivity index (χ3v) is 4.00. The number of nitrogens with two attached hydrogens (primary N) is 1. The number of carbonyl (C=O) groups is 1. The molecule has 0 aromatic carbocycles. The van der Waals surface area contributed by atoms with Crippen LogP contribution >= 0.6 is 0 Å². The van der Waals surface area contributed by atoms with Crippen molar-refractivity contribution in [3.63, 3.8) is 0 Å². The predicted octanol–water partition coefficient (Wildman–Crippen LogP) is 0.818. The smallest absolute Gasteiger partial charge is 0.223 e. The van der Waals surface area contributed by atoms with Crippen LogP contribution in [0, 0.1) is 11.8 Å². The molecule has 0 aliphatic heterocycles. The molecule has 1 saturated carbocycles. The average molecular weight is 241 g/mol. The summed E-state index contributed by atoms with van der Waals surface area (Å²) in [5, 5.41) is 3.05. The van der Waals surface area contributed by atoms with Crippen molar-refractivity contribution in [2.24, 2.45) is 17.6 Å². The van der Waals surface area contributed by atoms with E-state index in [1.807, 2.05) is 14.1 Å². The molecule has 1 amide bonds. The summed E-state index contributed by atoms with van der Waals surface area (Å²) < 4.78 is 0. The van der Waals surface area contributed by atoms with E-state index >= 15 is 0 Å². The van der Waals surface area contributed by atoms with Gasteiger partial charge in [-0.1, -0.05) is 0 Å². The molecule has 1 unspecified atom stereocenters. The van der Waals surface area contributed by atoms with Crippen molar-refractivity contribution in [1.82, 2.24) is 10.2 Å². The van der Waals surface area contributed by atoms with Gasteiger partial charge in [-0.2, -0.15) is 0 Å². The van der Waals surface area contributed by atoms with Gasteiger partial charge in [0, 0.05) is 18.5 Å². The van der Waals surface area contributed by atoms with Crippen LogP contribution in [0.5, 0.6) is 0 Å². The lowest BCUT2D eigenvalue weighted by atomic mass is 9.81. The van der Waals surface area contributed by atoms with Gasteiger partial charge < -0.3 is 16.0 Å². The molecule has 0 aromatic heterocycles. The molecule has 0 bridgehead atoms. The van der Waals surface area contributed by atoms with Crippen LogP contribution in [0.2, 0.25) is 0 Å². The molecule has 0 aromatic rings. The largest absolute Gasteiger partial charge is 0.354 e. The highest BCUT2D eigenvalue weighted by molar-refractivity contribution is 5.78. The second-order valence-corrected chi connectivity index (χ2v) is 5.51. The zero-order chi connectivity index (χ0) is 12.8. The highest BCUT2D eigenvalue weighted by Gasteiger charge is 2.25. The highest BCUT2D eigenvalue weighted by Crippen LogP contribution is 2.28. The summed E-state index contributed by atoms with van der Waals surface area (Å²) in [4.78, 5) is 14.1. The quantitative estimate of drug-likeness (QED) is 0.749. The van der Waals surface area contributed by atoms with Crippen molar-refractivity contribution in [2.45, 2.75) is 38.6 Å². The molecule has 100 valence electrons. The predicted molar refractivity (Wildman–Crippen MR) is 70.7 cm³/mol. The third-order valence-electron chi connectivity index (χ3n) is 4.00. The molecule has 1 fully saturated rings. The lowest BCUT2D eigenvalue weighted by Crippen LogP contribution is -2.41. The standard InChI is InChI=1S/C13H27N3O/c1-10(16(2)3)9-15-13(17)12-6-4-11(8-14)5-7-12/h10-12H,4-9,14H2,1-3H3,(H,15,17). The molecular formula is C13H27N3O. The summed E-state index contributed by atoms with van der Waals surface area (Å²) in [6, 6.07) is 0.388. The Balaban J connectivity index is 2.25. The number of amides is 1. The summed E-state index contributed by atoms with van der Waals surface area (Å²) in [6.07, 6.45) is 4.23. The fraction of sp³-hybridized carbons (Fsp3) is 0.923.